The molecule has 0 aromatic heterocycles. The topological polar surface area (TPSA) is 340 Å². The van der Waals surface area contributed by atoms with Gasteiger partial charge in [0.25, 0.3) is 0 Å². The Balaban J connectivity index is 2.34. The maximum Gasteiger partial charge on any atom is 0.243 e. The van der Waals surface area contributed by atoms with Crippen LogP contribution in [0.15, 0.2) is 23.2 Å². The zero-order valence-corrected chi connectivity index (χ0v) is 30.6. The Bertz CT molecular complexity index is 1660. The molecule has 14 N–H and O–H groups in total. The molecule has 1 aromatic rings. The number of primary amides is 1. The van der Waals surface area contributed by atoms with E-state index in [1.807, 2.05) is 0 Å². The lowest BCUT2D eigenvalue weighted by Crippen LogP contribution is -2.56. The normalized spacial score (nSPS) is 20.3. The highest BCUT2D eigenvalue weighted by atomic mass is 19.2. The van der Waals surface area contributed by atoms with Crippen LogP contribution in [0, 0.1) is 11.6 Å². The number of nitrogens with zero attached hydrogens (tertiary/aromatic N) is 1. The minimum absolute atomic E-state index is 0.0287. The monoisotopic (exact) mass is 794 g/mol. The quantitative estimate of drug-likeness (QED) is 0.0606. The maximum atomic E-state index is 14.0. The van der Waals surface area contributed by atoms with Crippen molar-refractivity contribution in [3.05, 3.63) is 35.4 Å². The van der Waals surface area contributed by atoms with Crippen molar-refractivity contribution in [2.24, 2.45) is 22.2 Å². The molecule has 1 saturated heterocycles. The summed E-state index contributed by atoms with van der Waals surface area (Å²) in [5, 5.41) is 18.9. The largest absolute Gasteiger partial charge is 0.370 e. The third-order valence-corrected chi connectivity index (χ3v) is 7.95. The van der Waals surface area contributed by atoms with Crippen LogP contribution in [0.4, 0.5) is 8.78 Å². The van der Waals surface area contributed by atoms with Gasteiger partial charge in [0, 0.05) is 26.4 Å². The van der Waals surface area contributed by atoms with Gasteiger partial charge < -0.3 is 59.7 Å². The molecule has 1 aliphatic rings. The summed E-state index contributed by atoms with van der Waals surface area (Å²) in [5.41, 5.74) is 16.1. The van der Waals surface area contributed by atoms with Crippen molar-refractivity contribution in [2.45, 2.75) is 76.0 Å². The molecule has 2 rings (SSSR count). The van der Waals surface area contributed by atoms with Crippen LogP contribution in [0.25, 0.3) is 0 Å². The summed E-state index contributed by atoms with van der Waals surface area (Å²) in [6.45, 7) is -0.777. The van der Waals surface area contributed by atoms with E-state index in [1.165, 1.54) is 0 Å². The molecular formula is C33H48F2N12O9. The number of halogens is 2. The molecular weight excluding hydrogens is 746 g/mol. The zero-order chi connectivity index (χ0) is 41.8. The first-order chi connectivity index (χ1) is 26.4. The van der Waals surface area contributed by atoms with Gasteiger partial charge in [0.15, 0.2) is 17.6 Å². The number of hydrogen-bond acceptors (Lipinski definition) is 10. The van der Waals surface area contributed by atoms with Crippen LogP contribution in [0.2, 0.25) is 0 Å². The molecule has 4 atom stereocenters. The van der Waals surface area contributed by atoms with Crippen molar-refractivity contribution < 1.29 is 51.9 Å². The Morgan fingerprint density at radius 3 is 2.16 bits per heavy atom. The van der Waals surface area contributed by atoms with Gasteiger partial charge in [0.2, 0.25) is 53.2 Å². The van der Waals surface area contributed by atoms with Crippen LogP contribution in [0.1, 0.15) is 51.0 Å². The lowest BCUT2D eigenvalue weighted by atomic mass is 10.0. The van der Waals surface area contributed by atoms with Crippen LogP contribution in [-0.2, 0) is 49.6 Å². The van der Waals surface area contributed by atoms with Gasteiger partial charge in [-0.15, -0.1) is 0 Å². The van der Waals surface area contributed by atoms with Crippen LogP contribution in [0.3, 0.4) is 0 Å². The van der Waals surface area contributed by atoms with E-state index in [9.17, 15) is 51.9 Å². The lowest BCUT2D eigenvalue weighted by molar-refractivity contribution is -0.134. The van der Waals surface area contributed by atoms with E-state index in [0.717, 1.165) is 25.1 Å². The van der Waals surface area contributed by atoms with Gasteiger partial charge in [-0.3, -0.25) is 48.1 Å². The van der Waals surface area contributed by atoms with E-state index in [4.69, 9.17) is 17.2 Å². The number of nitrogens with one attached hydrogen (secondary N) is 8. The predicted octanol–water partition coefficient (Wildman–Crippen LogP) is -4.96. The summed E-state index contributed by atoms with van der Waals surface area (Å²) in [6, 6.07) is -2.68. The number of carbonyl (C=O) groups excluding carboxylic acids is 9. The maximum absolute atomic E-state index is 14.0. The van der Waals surface area contributed by atoms with Gasteiger partial charge in [0.05, 0.1) is 26.1 Å². The fourth-order valence-electron chi connectivity index (χ4n) is 5.17. The van der Waals surface area contributed by atoms with Gasteiger partial charge in [0.1, 0.15) is 24.2 Å². The smallest absolute Gasteiger partial charge is 0.243 e. The molecule has 0 spiro atoms. The highest BCUT2D eigenvalue weighted by molar-refractivity contribution is 5.97. The molecule has 0 bridgehead atoms. The van der Waals surface area contributed by atoms with Gasteiger partial charge >= 0.3 is 0 Å². The van der Waals surface area contributed by atoms with Crippen molar-refractivity contribution in [3.63, 3.8) is 0 Å². The number of hydrogen-bond donors (Lipinski definition) is 11. The van der Waals surface area contributed by atoms with E-state index in [0.29, 0.717) is 0 Å². The molecule has 9 amide bonds. The van der Waals surface area contributed by atoms with E-state index < -0.39 is 121 Å². The Kier molecular flexibility index (Phi) is 19.1. The summed E-state index contributed by atoms with van der Waals surface area (Å²) in [5.74, 6) is -10.2. The highest BCUT2D eigenvalue weighted by Crippen LogP contribution is 2.11. The van der Waals surface area contributed by atoms with E-state index in [2.05, 4.69) is 47.5 Å². The second kappa shape index (κ2) is 23.4. The fraction of sp³-hybridized carbons (Fsp3) is 0.515. The first-order valence-corrected chi connectivity index (χ1v) is 17.5. The molecule has 21 nitrogen and oxygen atoms in total. The van der Waals surface area contributed by atoms with Crippen molar-refractivity contribution in [2.75, 3.05) is 32.7 Å². The highest BCUT2D eigenvalue weighted by Gasteiger charge is 2.29. The number of amides is 9. The van der Waals surface area contributed by atoms with Crippen molar-refractivity contribution in [1.82, 2.24) is 42.5 Å². The summed E-state index contributed by atoms with van der Waals surface area (Å²) in [7, 11) is 0. The van der Waals surface area contributed by atoms with Crippen LogP contribution in [0.5, 0.6) is 0 Å². The second-order valence-corrected chi connectivity index (χ2v) is 12.6. The number of nitrogens with two attached hydrogens (primary N) is 3. The summed E-state index contributed by atoms with van der Waals surface area (Å²) >= 11 is 0. The molecule has 1 aliphatic heterocycles. The van der Waals surface area contributed by atoms with Crippen molar-refractivity contribution in [3.8, 4) is 0 Å². The Morgan fingerprint density at radius 1 is 0.839 bits per heavy atom. The molecule has 23 heteroatoms. The molecule has 0 aliphatic carbocycles. The average molecular weight is 795 g/mol. The molecule has 0 radical (unpaired) electrons. The molecule has 1 aromatic carbocycles. The first kappa shape index (κ1) is 45.7. The number of rotatable bonds is 10. The molecule has 56 heavy (non-hydrogen) atoms. The summed E-state index contributed by atoms with van der Waals surface area (Å²) in [6.07, 6.45) is -0.144. The molecule has 0 saturated carbocycles. The van der Waals surface area contributed by atoms with Gasteiger partial charge in [-0.25, -0.2) is 8.78 Å². The Hall–Kier alpha value is -6.42. The minimum atomic E-state index is -1.60. The third kappa shape index (κ3) is 17.6. The lowest BCUT2D eigenvalue weighted by Gasteiger charge is -2.23. The first-order valence-electron chi connectivity index (χ1n) is 17.5. The van der Waals surface area contributed by atoms with E-state index in [1.54, 1.807) is 0 Å². The van der Waals surface area contributed by atoms with Gasteiger partial charge in [-0.05, 0) is 49.8 Å². The van der Waals surface area contributed by atoms with Crippen LogP contribution < -0.4 is 59.7 Å². The summed E-state index contributed by atoms with van der Waals surface area (Å²) < 4.78 is 27.5. The zero-order valence-electron chi connectivity index (χ0n) is 30.6. The average Bonchev–Trinajstić information content (AvgIpc) is 3.12. The molecule has 4 unspecified atom stereocenters. The number of benzene rings is 1. The van der Waals surface area contributed by atoms with Gasteiger partial charge in [-0.2, -0.15) is 0 Å². The standard InChI is InChI=1S/C33H48F2N12O9/c1-17(48)44-22(6-4-10-40-33(37)38)32(56)47-24-13-25(49)39-9-3-2-5-21(29(36)53)45-27(51)15-41-26(50)14-42-30(54)23(46-28(52)16-43-31(24)55)12-18-7-8-19(34)20(35)11-18/h7-8,11,21-24H,2-6,9-10,12-16H2,1H3,(H2,36,53)(H,39,49)(H,41,50)(H,42,54)(H,43,55)(H,44,48)(H,45,51)(H,46,52)(H,47,56)(H4,37,38,40). The minimum Gasteiger partial charge on any atom is -0.370 e. The van der Waals surface area contributed by atoms with Crippen molar-refractivity contribution in [1.29, 1.82) is 0 Å². The number of aliphatic imine (C=N–C) groups is 1. The third-order valence-electron chi connectivity index (χ3n) is 7.95. The predicted molar refractivity (Wildman–Crippen MR) is 193 cm³/mol. The van der Waals surface area contributed by atoms with E-state index in [-0.39, 0.29) is 56.7 Å². The van der Waals surface area contributed by atoms with Crippen LogP contribution in [-0.4, -0.2) is 116 Å². The fourth-order valence-corrected chi connectivity index (χ4v) is 5.17. The SMILES string of the molecule is CC(=O)NC(CCCN=C(N)N)C(=O)NC1CC(=O)NCCCCC(C(N)=O)NC(=O)CNC(=O)CNC(=O)C(Cc2ccc(F)c(F)c2)NC(=O)CNC1=O. The molecule has 1 heterocycles. The molecule has 1 fully saturated rings. The van der Waals surface area contributed by atoms with E-state index >= 15 is 0 Å². The Morgan fingerprint density at radius 2 is 1.50 bits per heavy atom. The Labute approximate surface area is 319 Å². The second-order valence-electron chi connectivity index (χ2n) is 12.6. The van der Waals surface area contributed by atoms with Crippen molar-refractivity contribution >= 4 is 59.1 Å². The molecule has 308 valence electrons. The number of carbonyl (C=O) groups is 9. The number of guanidine groups is 1. The van der Waals surface area contributed by atoms with Gasteiger partial charge in [-0.1, -0.05) is 6.07 Å². The summed E-state index contributed by atoms with van der Waals surface area (Å²) in [4.78, 5) is 118. The van der Waals surface area contributed by atoms with Crippen LogP contribution >= 0.6 is 0 Å².